The number of nitriles is 1. The van der Waals surface area contributed by atoms with Crippen LogP contribution in [0.25, 0.3) is 0 Å². The van der Waals surface area contributed by atoms with Crippen LogP contribution in [-0.2, 0) is 12.8 Å². The second-order valence-corrected chi connectivity index (χ2v) is 8.01. The summed E-state index contributed by atoms with van der Waals surface area (Å²) in [6.07, 6.45) is 10.4. The van der Waals surface area contributed by atoms with Gasteiger partial charge in [-0.05, 0) is 85.6 Å². The molecule has 1 heteroatoms. The summed E-state index contributed by atoms with van der Waals surface area (Å²) in [6, 6.07) is 17.8. The summed E-state index contributed by atoms with van der Waals surface area (Å²) in [4.78, 5) is 0. The predicted octanol–water partition coefficient (Wildman–Crippen LogP) is 6.73. The first kappa shape index (κ1) is 18.7. The number of benzene rings is 2. The highest BCUT2D eigenvalue weighted by Gasteiger charge is 2.21. The summed E-state index contributed by atoms with van der Waals surface area (Å²) in [5.41, 5.74) is 6.14. The van der Waals surface area contributed by atoms with E-state index in [-0.39, 0.29) is 0 Å². The average Bonchev–Trinajstić information content (AvgIpc) is 2.68. The highest BCUT2D eigenvalue weighted by Crippen LogP contribution is 2.37. The van der Waals surface area contributed by atoms with E-state index in [4.69, 9.17) is 5.26 Å². The third-order valence-electron chi connectivity index (χ3n) is 6.11. The van der Waals surface area contributed by atoms with Crippen molar-refractivity contribution in [1.82, 2.24) is 0 Å². The molecule has 0 bridgehead atoms. The number of hydrogen-bond donors (Lipinski definition) is 0. The molecule has 0 atom stereocenters. The van der Waals surface area contributed by atoms with E-state index in [1.54, 1.807) is 0 Å². The molecule has 1 fully saturated rings. The molecule has 0 heterocycles. The van der Waals surface area contributed by atoms with Gasteiger partial charge in [0, 0.05) is 0 Å². The molecular formula is C25H31N. The standard InChI is InChI=1S/C25H31N/c1-3-4-20-7-12-23(13-8-20)24-14-9-21(10-15-24)5-6-22-11-16-25(18-26)19(2)17-22/h9-11,14-17,20,23H,3-8,12-13H2,1-2H3/t20-,23-. The van der Waals surface area contributed by atoms with Gasteiger partial charge in [0.1, 0.15) is 0 Å². The maximum absolute atomic E-state index is 9.04. The molecule has 1 saturated carbocycles. The van der Waals surface area contributed by atoms with E-state index in [1.807, 2.05) is 13.0 Å². The summed E-state index contributed by atoms with van der Waals surface area (Å²) >= 11 is 0. The molecule has 0 N–H and O–H groups in total. The van der Waals surface area contributed by atoms with E-state index in [0.717, 1.165) is 35.8 Å². The first-order valence-electron chi connectivity index (χ1n) is 10.3. The van der Waals surface area contributed by atoms with Gasteiger partial charge in [0.15, 0.2) is 0 Å². The Kier molecular flexibility index (Phi) is 6.51. The number of nitrogens with zero attached hydrogens (tertiary/aromatic N) is 1. The molecule has 0 aromatic heterocycles. The monoisotopic (exact) mass is 345 g/mol. The van der Waals surface area contributed by atoms with Crippen LogP contribution in [-0.4, -0.2) is 0 Å². The van der Waals surface area contributed by atoms with Crippen molar-refractivity contribution in [2.24, 2.45) is 5.92 Å². The van der Waals surface area contributed by atoms with E-state index < -0.39 is 0 Å². The van der Waals surface area contributed by atoms with Crippen molar-refractivity contribution in [3.8, 4) is 6.07 Å². The van der Waals surface area contributed by atoms with E-state index in [2.05, 4.69) is 49.4 Å². The molecule has 1 nitrogen and oxygen atoms in total. The maximum atomic E-state index is 9.04. The molecule has 0 unspecified atom stereocenters. The van der Waals surface area contributed by atoms with E-state index in [1.165, 1.54) is 55.2 Å². The van der Waals surface area contributed by atoms with Crippen molar-refractivity contribution in [3.05, 3.63) is 70.3 Å². The Morgan fingerprint density at radius 3 is 2.19 bits per heavy atom. The lowest BCUT2D eigenvalue weighted by Gasteiger charge is -2.28. The lowest BCUT2D eigenvalue weighted by Crippen LogP contribution is -2.13. The molecule has 2 aromatic rings. The second-order valence-electron chi connectivity index (χ2n) is 8.01. The fraction of sp³-hybridized carbons (Fsp3) is 0.480. The Labute approximate surface area is 159 Å². The Morgan fingerprint density at radius 2 is 1.58 bits per heavy atom. The van der Waals surface area contributed by atoms with Crippen molar-refractivity contribution in [1.29, 1.82) is 5.26 Å². The third kappa shape index (κ3) is 4.76. The summed E-state index contributed by atoms with van der Waals surface area (Å²) in [7, 11) is 0. The van der Waals surface area contributed by atoms with Crippen LogP contribution in [0.2, 0.25) is 0 Å². The van der Waals surface area contributed by atoms with Crippen LogP contribution in [0.5, 0.6) is 0 Å². The average molecular weight is 346 g/mol. The van der Waals surface area contributed by atoms with Crippen LogP contribution < -0.4 is 0 Å². The zero-order valence-corrected chi connectivity index (χ0v) is 16.3. The largest absolute Gasteiger partial charge is 0.192 e. The highest BCUT2D eigenvalue weighted by atomic mass is 14.3. The first-order valence-corrected chi connectivity index (χ1v) is 10.3. The zero-order valence-electron chi connectivity index (χ0n) is 16.3. The van der Waals surface area contributed by atoms with Crippen molar-refractivity contribution in [2.45, 2.75) is 71.1 Å². The zero-order chi connectivity index (χ0) is 18.4. The smallest absolute Gasteiger partial charge is 0.0994 e. The second kappa shape index (κ2) is 9.04. The summed E-state index contributed by atoms with van der Waals surface area (Å²) < 4.78 is 0. The first-order chi connectivity index (χ1) is 12.7. The Morgan fingerprint density at radius 1 is 0.923 bits per heavy atom. The topological polar surface area (TPSA) is 23.8 Å². The van der Waals surface area contributed by atoms with E-state index in [9.17, 15) is 0 Å². The number of aryl methyl sites for hydroxylation is 3. The fourth-order valence-corrected chi connectivity index (χ4v) is 4.44. The van der Waals surface area contributed by atoms with Crippen molar-refractivity contribution < 1.29 is 0 Å². The Balaban J connectivity index is 1.53. The predicted molar refractivity (Wildman–Crippen MR) is 109 cm³/mol. The van der Waals surface area contributed by atoms with Gasteiger partial charge in [0.05, 0.1) is 11.6 Å². The Hall–Kier alpha value is -2.07. The van der Waals surface area contributed by atoms with Gasteiger partial charge in [-0.15, -0.1) is 0 Å². The minimum atomic E-state index is 0.776. The summed E-state index contributed by atoms with van der Waals surface area (Å²) in [6.45, 7) is 4.33. The molecule has 0 amide bonds. The SMILES string of the molecule is CCC[C@H]1CC[C@H](c2ccc(CCc3ccc(C#N)c(C)c3)cc2)CC1. The van der Waals surface area contributed by atoms with Crippen LogP contribution in [0.3, 0.4) is 0 Å². The minimum Gasteiger partial charge on any atom is -0.192 e. The molecular weight excluding hydrogens is 314 g/mol. The number of rotatable bonds is 6. The van der Waals surface area contributed by atoms with Crippen LogP contribution in [0, 0.1) is 24.2 Å². The molecule has 2 aromatic carbocycles. The Bertz CT molecular complexity index is 743. The molecule has 0 radical (unpaired) electrons. The summed E-state index contributed by atoms with van der Waals surface area (Å²) in [5.74, 6) is 1.75. The van der Waals surface area contributed by atoms with Gasteiger partial charge in [-0.1, -0.05) is 56.2 Å². The van der Waals surface area contributed by atoms with Crippen LogP contribution in [0.1, 0.15) is 79.2 Å². The summed E-state index contributed by atoms with van der Waals surface area (Å²) in [5, 5.41) is 9.04. The van der Waals surface area contributed by atoms with Crippen molar-refractivity contribution in [3.63, 3.8) is 0 Å². The van der Waals surface area contributed by atoms with Crippen LogP contribution in [0.4, 0.5) is 0 Å². The van der Waals surface area contributed by atoms with Gasteiger partial charge in [-0.2, -0.15) is 5.26 Å². The molecule has 3 rings (SSSR count). The highest BCUT2D eigenvalue weighted by molar-refractivity contribution is 5.39. The lowest BCUT2D eigenvalue weighted by atomic mass is 9.77. The molecule has 0 saturated heterocycles. The van der Waals surface area contributed by atoms with Crippen LogP contribution in [0.15, 0.2) is 42.5 Å². The molecule has 0 aliphatic heterocycles. The lowest BCUT2D eigenvalue weighted by molar-refractivity contribution is 0.308. The van der Waals surface area contributed by atoms with E-state index in [0.29, 0.717) is 0 Å². The normalized spacial score (nSPS) is 19.9. The quantitative estimate of drug-likeness (QED) is 0.569. The maximum Gasteiger partial charge on any atom is 0.0994 e. The van der Waals surface area contributed by atoms with Crippen molar-refractivity contribution in [2.75, 3.05) is 0 Å². The third-order valence-corrected chi connectivity index (χ3v) is 6.11. The molecule has 1 aliphatic carbocycles. The van der Waals surface area contributed by atoms with E-state index >= 15 is 0 Å². The van der Waals surface area contributed by atoms with Gasteiger partial charge in [0.2, 0.25) is 0 Å². The number of hydrogen-bond acceptors (Lipinski definition) is 1. The van der Waals surface area contributed by atoms with Gasteiger partial charge >= 0.3 is 0 Å². The van der Waals surface area contributed by atoms with Gasteiger partial charge in [-0.25, -0.2) is 0 Å². The fourth-order valence-electron chi connectivity index (χ4n) is 4.44. The van der Waals surface area contributed by atoms with Gasteiger partial charge in [-0.3, -0.25) is 0 Å². The van der Waals surface area contributed by atoms with Crippen molar-refractivity contribution >= 4 is 0 Å². The van der Waals surface area contributed by atoms with Gasteiger partial charge < -0.3 is 0 Å². The van der Waals surface area contributed by atoms with Crippen LogP contribution >= 0.6 is 0 Å². The minimum absolute atomic E-state index is 0.776. The molecule has 26 heavy (non-hydrogen) atoms. The molecule has 136 valence electrons. The van der Waals surface area contributed by atoms with Gasteiger partial charge in [0.25, 0.3) is 0 Å². The molecule has 1 aliphatic rings. The molecule has 0 spiro atoms.